The third-order valence-corrected chi connectivity index (χ3v) is 4.13. The van der Waals surface area contributed by atoms with E-state index in [9.17, 15) is 9.59 Å². The van der Waals surface area contributed by atoms with Gasteiger partial charge in [-0.05, 0) is 19.8 Å². The molecule has 2 heterocycles. The quantitative estimate of drug-likeness (QED) is 0.899. The molecule has 2 rings (SSSR count). The lowest BCUT2D eigenvalue weighted by atomic mass is 10.2. The highest BCUT2D eigenvalue weighted by atomic mass is 32.1. The fourth-order valence-electron chi connectivity index (χ4n) is 2.37. The zero-order chi connectivity index (χ0) is 13.8. The molecule has 104 valence electrons. The van der Waals surface area contributed by atoms with Crippen LogP contribution in [-0.2, 0) is 16.0 Å². The van der Waals surface area contributed by atoms with Crippen LogP contribution in [0.5, 0.6) is 0 Å². The Balaban J connectivity index is 1.79. The number of likely N-dealkylation sites (tertiary alicyclic amines) is 1. The predicted octanol–water partition coefficient (Wildman–Crippen LogP) is 1.12. The summed E-state index contributed by atoms with van der Waals surface area (Å²) in [7, 11) is 0. The van der Waals surface area contributed by atoms with Gasteiger partial charge < -0.3 is 10.2 Å². The molecule has 0 bridgehead atoms. The molecule has 0 aromatic carbocycles. The van der Waals surface area contributed by atoms with E-state index in [2.05, 4.69) is 10.3 Å². The molecule has 1 aromatic heterocycles. The van der Waals surface area contributed by atoms with Crippen molar-refractivity contribution in [2.75, 3.05) is 13.1 Å². The molecule has 1 N–H and O–H groups in total. The van der Waals surface area contributed by atoms with Gasteiger partial charge in [-0.1, -0.05) is 0 Å². The van der Waals surface area contributed by atoms with Crippen LogP contribution in [0.3, 0.4) is 0 Å². The average molecular weight is 281 g/mol. The minimum atomic E-state index is -0.283. The van der Waals surface area contributed by atoms with Gasteiger partial charge >= 0.3 is 0 Å². The molecule has 0 spiro atoms. The first-order valence-corrected chi connectivity index (χ1v) is 7.42. The lowest BCUT2D eigenvalue weighted by molar-refractivity contribution is -0.136. The van der Waals surface area contributed by atoms with E-state index in [0.717, 1.165) is 30.0 Å². The summed E-state index contributed by atoms with van der Waals surface area (Å²) >= 11 is 1.62. The van der Waals surface area contributed by atoms with Crippen molar-refractivity contribution in [2.45, 2.75) is 39.2 Å². The number of nitrogens with zero attached hydrogens (tertiary/aromatic N) is 2. The van der Waals surface area contributed by atoms with Crippen molar-refractivity contribution in [2.24, 2.45) is 0 Å². The van der Waals surface area contributed by atoms with E-state index in [1.54, 1.807) is 16.2 Å². The molecule has 1 saturated heterocycles. The summed E-state index contributed by atoms with van der Waals surface area (Å²) in [6.07, 6.45) is 2.41. The van der Waals surface area contributed by atoms with Crippen molar-refractivity contribution < 1.29 is 9.59 Å². The van der Waals surface area contributed by atoms with E-state index < -0.39 is 0 Å². The molecule has 0 radical (unpaired) electrons. The highest BCUT2D eigenvalue weighted by Crippen LogP contribution is 2.17. The topological polar surface area (TPSA) is 62.3 Å². The Morgan fingerprint density at radius 2 is 2.37 bits per heavy atom. The smallest absolute Gasteiger partial charge is 0.242 e. The van der Waals surface area contributed by atoms with Gasteiger partial charge in [0, 0.05) is 31.8 Å². The molecule has 0 saturated carbocycles. The Labute approximate surface area is 117 Å². The second-order valence-corrected chi connectivity index (χ2v) is 5.83. The van der Waals surface area contributed by atoms with E-state index in [4.69, 9.17) is 0 Å². The van der Waals surface area contributed by atoms with Crippen molar-refractivity contribution in [1.82, 2.24) is 15.2 Å². The van der Waals surface area contributed by atoms with Crippen molar-refractivity contribution in [3.63, 3.8) is 0 Å². The number of aromatic nitrogens is 1. The van der Waals surface area contributed by atoms with Gasteiger partial charge in [0.05, 0.1) is 10.7 Å². The average Bonchev–Trinajstić information content (AvgIpc) is 2.97. The summed E-state index contributed by atoms with van der Waals surface area (Å²) < 4.78 is 0. The summed E-state index contributed by atoms with van der Waals surface area (Å²) in [4.78, 5) is 29.4. The molecular formula is C13H19N3O2S. The van der Waals surface area contributed by atoms with Crippen LogP contribution in [0.25, 0.3) is 0 Å². The number of hydrogen-bond acceptors (Lipinski definition) is 4. The van der Waals surface area contributed by atoms with Gasteiger partial charge in [0.25, 0.3) is 0 Å². The number of rotatable bonds is 4. The second kappa shape index (κ2) is 6.14. The van der Waals surface area contributed by atoms with Gasteiger partial charge in [-0.3, -0.25) is 9.59 Å². The summed E-state index contributed by atoms with van der Waals surface area (Å²) in [6, 6.07) is -0.283. The van der Waals surface area contributed by atoms with Gasteiger partial charge in [-0.15, -0.1) is 11.3 Å². The number of carbonyl (C=O) groups excluding carboxylic acids is 2. The fourth-order valence-corrected chi connectivity index (χ4v) is 3.02. The van der Waals surface area contributed by atoms with E-state index in [-0.39, 0.29) is 17.9 Å². The first-order valence-electron chi connectivity index (χ1n) is 6.54. The molecule has 6 heteroatoms. The van der Waals surface area contributed by atoms with Crippen molar-refractivity contribution in [1.29, 1.82) is 0 Å². The molecule has 1 aliphatic rings. The number of thiazole rings is 1. The lowest BCUT2D eigenvalue weighted by Gasteiger charge is -2.22. The second-order valence-electron chi connectivity index (χ2n) is 4.77. The molecule has 1 atom stereocenters. The van der Waals surface area contributed by atoms with Gasteiger partial charge in [-0.25, -0.2) is 4.98 Å². The van der Waals surface area contributed by atoms with Gasteiger partial charge in [0.2, 0.25) is 11.8 Å². The van der Waals surface area contributed by atoms with E-state index in [0.29, 0.717) is 13.1 Å². The van der Waals surface area contributed by atoms with Crippen LogP contribution < -0.4 is 5.32 Å². The van der Waals surface area contributed by atoms with Crippen molar-refractivity contribution >= 4 is 23.2 Å². The summed E-state index contributed by atoms with van der Waals surface area (Å²) in [5, 5.41) is 5.95. The molecule has 0 aliphatic carbocycles. The maximum absolute atomic E-state index is 12.0. The maximum atomic E-state index is 12.0. The van der Waals surface area contributed by atoms with Crippen LogP contribution in [0.4, 0.5) is 0 Å². The van der Waals surface area contributed by atoms with Crippen LogP contribution in [-0.4, -0.2) is 40.8 Å². The monoisotopic (exact) mass is 281 g/mol. The van der Waals surface area contributed by atoms with Crippen molar-refractivity contribution in [3.8, 4) is 0 Å². The van der Waals surface area contributed by atoms with Crippen LogP contribution in [0.15, 0.2) is 5.38 Å². The molecule has 1 fully saturated rings. The molecule has 19 heavy (non-hydrogen) atoms. The van der Waals surface area contributed by atoms with Crippen molar-refractivity contribution in [3.05, 3.63) is 16.1 Å². The summed E-state index contributed by atoms with van der Waals surface area (Å²) in [5.41, 5.74) is 1.01. The molecule has 5 nitrogen and oxygen atoms in total. The Hall–Kier alpha value is -1.43. The number of carbonyl (C=O) groups is 2. The fraction of sp³-hybridized carbons (Fsp3) is 0.615. The predicted molar refractivity (Wildman–Crippen MR) is 74.0 cm³/mol. The zero-order valence-corrected chi connectivity index (χ0v) is 12.1. The Morgan fingerprint density at radius 1 is 1.58 bits per heavy atom. The van der Waals surface area contributed by atoms with Gasteiger partial charge in [0.1, 0.15) is 6.04 Å². The maximum Gasteiger partial charge on any atom is 0.242 e. The summed E-state index contributed by atoms with van der Waals surface area (Å²) in [6.45, 7) is 4.75. The Bertz CT molecular complexity index is 472. The highest BCUT2D eigenvalue weighted by Gasteiger charge is 2.31. The number of amides is 2. The Kier molecular flexibility index (Phi) is 4.52. The highest BCUT2D eigenvalue weighted by molar-refractivity contribution is 7.09. The lowest BCUT2D eigenvalue weighted by Crippen LogP contribution is -2.45. The Morgan fingerprint density at radius 3 is 3.00 bits per heavy atom. The van der Waals surface area contributed by atoms with Crippen LogP contribution in [0.1, 0.15) is 30.5 Å². The normalized spacial score (nSPS) is 18.6. The summed E-state index contributed by atoms with van der Waals surface area (Å²) in [5.74, 6) is -0.0626. The van der Waals surface area contributed by atoms with Crippen LogP contribution >= 0.6 is 11.3 Å². The van der Waals surface area contributed by atoms with Crippen LogP contribution in [0.2, 0.25) is 0 Å². The first-order chi connectivity index (χ1) is 9.08. The zero-order valence-electron chi connectivity index (χ0n) is 11.3. The molecule has 2 amide bonds. The minimum Gasteiger partial charge on any atom is -0.354 e. The molecule has 1 aromatic rings. The number of hydrogen-bond donors (Lipinski definition) is 1. The third-order valence-electron chi connectivity index (χ3n) is 3.31. The standard InChI is InChI=1S/C13H19N3O2S/c1-9-15-11(8-19-9)5-6-14-13(18)12-4-3-7-16(12)10(2)17/h8,12H,3-7H2,1-2H3,(H,14,18)/t12-/m1/s1. The van der Waals surface area contributed by atoms with Gasteiger partial charge in [-0.2, -0.15) is 0 Å². The van der Waals surface area contributed by atoms with E-state index >= 15 is 0 Å². The minimum absolute atomic E-state index is 0.0206. The molecule has 0 unspecified atom stereocenters. The molecule has 1 aliphatic heterocycles. The third kappa shape index (κ3) is 3.53. The van der Waals surface area contributed by atoms with E-state index in [1.807, 2.05) is 12.3 Å². The first kappa shape index (κ1) is 14.0. The molecular weight excluding hydrogens is 262 g/mol. The van der Waals surface area contributed by atoms with Gasteiger partial charge in [0.15, 0.2) is 0 Å². The largest absolute Gasteiger partial charge is 0.354 e. The van der Waals surface area contributed by atoms with Crippen LogP contribution in [0, 0.1) is 6.92 Å². The van der Waals surface area contributed by atoms with E-state index in [1.165, 1.54) is 6.92 Å². The number of nitrogens with one attached hydrogen (secondary N) is 1. The number of aryl methyl sites for hydroxylation is 1. The SMILES string of the molecule is CC(=O)N1CCC[C@@H]1C(=O)NCCc1csc(C)n1.